The summed E-state index contributed by atoms with van der Waals surface area (Å²) in [5.41, 5.74) is 6.86. The van der Waals surface area contributed by atoms with Gasteiger partial charge in [-0.05, 0) is 67.7 Å². The number of fused-ring (bicyclic) bond motifs is 1. The van der Waals surface area contributed by atoms with Crippen LogP contribution in [-0.2, 0) is 17.6 Å². The highest BCUT2D eigenvalue weighted by atomic mass is 32.2. The van der Waals surface area contributed by atoms with Gasteiger partial charge in [0.15, 0.2) is 0 Å². The number of hydrogen-bond donors (Lipinski definition) is 1. The fraction of sp³-hybridized carbons (Fsp3) is 0.292. The van der Waals surface area contributed by atoms with Crippen molar-refractivity contribution in [1.29, 1.82) is 5.26 Å². The number of carbonyl (C=O) groups is 1. The average molecular weight is 434 g/mol. The summed E-state index contributed by atoms with van der Waals surface area (Å²) < 4.78 is 0. The van der Waals surface area contributed by atoms with Gasteiger partial charge in [-0.25, -0.2) is 4.98 Å². The van der Waals surface area contributed by atoms with Crippen LogP contribution < -0.4 is 5.32 Å². The molecule has 0 spiro atoms. The number of benzene rings is 1. The maximum Gasteiger partial charge on any atom is 0.234 e. The molecule has 0 unspecified atom stereocenters. The Balaban J connectivity index is 1.62. The number of anilines is 1. The molecule has 3 aromatic rings. The Hall–Kier alpha value is -2.62. The van der Waals surface area contributed by atoms with Crippen molar-refractivity contribution < 1.29 is 4.79 Å². The summed E-state index contributed by atoms with van der Waals surface area (Å²) in [5, 5.41) is 15.7. The lowest BCUT2D eigenvalue weighted by atomic mass is 9.89. The first-order valence-corrected chi connectivity index (χ1v) is 11.9. The van der Waals surface area contributed by atoms with Crippen molar-refractivity contribution in [3.63, 3.8) is 0 Å². The number of hydrogen-bond acceptors (Lipinski definition) is 5. The normalized spacial score (nSPS) is 12.8. The molecular weight excluding hydrogens is 410 g/mol. The number of carbonyl (C=O) groups excluding carboxylic acids is 1. The van der Waals surface area contributed by atoms with Crippen molar-refractivity contribution in [2.45, 2.75) is 44.6 Å². The van der Waals surface area contributed by atoms with E-state index in [-0.39, 0.29) is 11.7 Å². The summed E-state index contributed by atoms with van der Waals surface area (Å²) in [6.45, 7) is 3.98. The fourth-order valence-corrected chi connectivity index (χ4v) is 5.55. The highest BCUT2D eigenvalue weighted by Gasteiger charge is 2.24. The van der Waals surface area contributed by atoms with Crippen LogP contribution in [0.4, 0.5) is 5.69 Å². The number of para-hydroxylation sites is 1. The number of thioether (sulfide) groups is 1. The number of nitriles is 1. The fourth-order valence-electron chi connectivity index (χ4n) is 3.94. The number of amides is 1. The Morgan fingerprint density at radius 3 is 2.67 bits per heavy atom. The summed E-state index contributed by atoms with van der Waals surface area (Å²) in [7, 11) is 0. The van der Waals surface area contributed by atoms with Crippen LogP contribution in [0.3, 0.4) is 0 Å². The highest BCUT2D eigenvalue weighted by molar-refractivity contribution is 8.00. The lowest BCUT2D eigenvalue weighted by molar-refractivity contribution is -0.113. The number of thiophene rings is 1. The number of pyridine rings is 1. The third kappa shape index (κ3) is 4.14. The van der Waals surface area contributed by atoms with Crippen molar-refractivity contribution in [2.24, 2.45) is 0 Å². The standard InChI is InChI=1S/C24H23N3OS2/c1-15-7-5-8-16(2)23(15)27-21(28)14-30-24-18(13-25)22(20-11-6-12-29-20)17-9-3-4-10-19(17)26-24/h5-8,11-12H,3-4,9-10,14H2,1-2H3,(H,27,28). The van der Waals surface area contributed by atoms with E-state index in [0.29, 0.717) is 10.6 Å². The first-order valence-electron chi connectivity index (χ1n) is 10.1. The molecule has 6 heteroatoms. The molecule has 0 saturated carbocycles. The van der Waals surface area contributed by atoms with Gasteiger partial charge in [0.2, 0.25) is 5.91 Å². The van der Waals surface area contributed by atoms with Crippen LogP contribution in [0.2, 0.25) is 0 Å². The summed E-state index contributed by atoms with van der Waals surface area (Å²) in [6, 6.07) is 12.4. The van der Waals surface area contributed by atoms with Gasteiger partial charge >= 0.3 is 0 Å². The first-order chi connectivity index (χ1) is 14.6. The van der Waals surface area contributed by atoms with Crippen LogP contribution in [-0.4, -0.2) is 16.6 Å². The van der Waals surface area contributed by atoms with Gasteiger partial charge in [-0.1, -0.05) is 36.0 Å². The zero-order chi connectivity index (χ0) is 21.1. The lowest BCUT2D eigenvalue weighted by Crippen LogP contribution is -2.16. The molecule has 2 heterocycles. The van der Waals surface area contributed by atoms with Gasteiger partial charge in [-0.2, -0.15) is 5.26 Å². The molecular formula is C24H23N3OS2. The van der Waals surface area contributed by atoms with Gasteiger partial charge in [0.1, 0.15) is 11.1 Å². The maximum atomic E-state index is 12.7. The third-order valence-corrected chi connectivity index (χ3v) is 7.27. The number of nitrogens with zero attached hydrogens (tertiary/aromatic N) is 2. The van der Waals surface area contributed by atoms with E-state index in [1.54, 1.807) is 11.3 Å². The molecule has 0 radical (unpaired) electrons. The molecule has 1 amide bonds. The molecule has 2 aromatic heterocycles. The van der Waals surface area contributed by atoms with E-state index < -0.39 is 0 Å². The van der Waals surface area contributed by atoms with Gasteiger partial charge < -0.3 is 5.32 Å². The summed E-state index contributed by atoms with van der Waals surface area (Å²) >= 11 is 3.00. The molecule has 0 aliphatic heterocycles. The van der Waals surface area contributed by atoms with E-state index in [9.17, 15) is 10.1 Å². The first kappa shape index (κ1) is 20.6. The van der Waals surface area contributed by atoms with Gasteiger partial charge in [-0.15, -0.1) is 11.3 Å². The minimum Gasteiger partial charge on any atom is -0.325 e. The second kappa shape index (κ2) is 9.03. The Kier molecular flexibility index (Phi) is 6.21. The van der Waals surface area contributed by atoms with Crippen molar-refractivity contribution >= 4 is 34.7 Å². The molecule has 1 aromatic carbocycles. The molecule has 0 atom stereocenters. The Bertz CT molecular complexity index is 1110. The van der Waals surface area contributed by atoms with Gasteiger partial charge in [0.05, 0.1) is 11.3 Å². The predicted molar refractivity (Wildman–Crippen MR) is 124 cm³/mol. The monoisotopic (exact) mass is 433 g/mol. The van der Waals surface area contributed by atoms with Crippen molar-refractivity contribution in [3.8, 4) is 16.5 Å². The Morgan fingerprint density at radius 1 is 1.20 bits per heavy atom. The molecule has 1 aliphatic carbocycles. The minimum atomic E-state index is -0.0847. The molecule has 0 saturated heterocycles. The molecule has 30 heavy (non-hydrogen) atoms. The molecule has 4 nitrogen and oxygen atoms in total. The van der Waals surface area contributed by atoms with E-state index in [4.69, 9.17) is 4.98 Å². The van der Waals surface area contributed by atoms with Crippen LogP contribution in [0, 0.1) is 25.2 Å². The Morgan fingerprint density at radius 2 is 1.97 bits per heavy atom. The average Bonchev–Trinajstić information content (AvgIpc) is 3.28. The van der Waals surface area contributed by atoms with E-state index >= 15 is 0 Å². The lowest BCUT2D eigenvalue weighted by Gasteiger charge is -2.21. The van der Waals surface area contributed by atoms with E-state index in [0.717, 1.165) is 58.6 Å². The number of rotatable bonds is 5. The van der Waals surface area contributed by atoms with Gasteiger partial charge in [0, 0.05) is 21.8 Å². The molecule has 152 valence electrons. The third-order valence-electron chi connectivity index (χ3n) is 5.41. The summed E-state index contributed by atoms with van der Waals surface area (Å²) in [4.78, 5) is 18.6. The van der Waals surface area contributed by atoms with Gasteiger partial charge in [0.25, 0.3) is 0 Å². The second-order valence-electron chi connectivity index (χ2n) is 7.49. The largest absolute Gasteiger partial charge is 0.325 e. The number of aryl methyl sites for hydroxylation is 3. The van der Waals surface area contributed by atoms with Crippen LogP contribution in [0.5, 0.6) is 0 Å². The predicted octanol–water partition coefficient (Wildman–Crippen LogP) is 5.91. The zero-order valence-corrected chi connectivity index (χ0v) is 18.8. The van der Waals surface area contributed by atoms with Crippen LogP contribution in [0.1, 0.15) is 40.8 Å². The molecule has 4 rings (SSSR count). The molecule has 1 N–H and O–H groups in total. The van der Waals surface area contributed by atoms with Crippen molar-refractivity contribution in [2.75, 3.05) is 11.1 Å². The van der Waals surface area contributed by atoms with E-state index in [2.05, 4.69) is 17.5 Å². The summed E-state index contributed by atoms with van der Waals surface area (Å²) in [5.74, 6) is 0.136. The molecule has 1 aliphatic rings. The topological polar surface area (TPSA) is 65.8 Å². The van der Waals surface area contributed by atoms with Crippen LogP contribution >= 0.6 is 23.1 Å². The quantitative estimate of drug-likeness (QED) is 0.508. The number of aromatic nitrogens is 1. The van der Waals surface area contributed by atoms with Crippen molar-refractivity contribution in [3.05, 3.63) is 63.7 Å². The van der Waals surface area contributed by atoms with Crippen LogP contribution in [0.25, 0.3) is 10.4 Å². The smallest absolute Gasteiger partial charge is 0.234 e. The second-order valence-corrected chi connectivity index (χ2v) is 9.40. The van der Waals surface area contributed by atoms with E-state index in [1.165, 1.54) is 17.3 Å². The zero-order valence-electron chi connectivity index (χ0n) is 17.1. The molecule has 0 fully saturated rings. The van der Waals surface area contributed by atoms with Gasteiger partial charge in [-0.3, -0.25) is 4.79 Å². The Labute approximate surface area is 185 Å². The van der Waals surface area contributed by atoms with Crippen LogP contribution in [0.15, 0.2) is 40.7 Å². The minimum absolute atomic E-state index is 0.0847. The number of nitrogens with one attached hydrogen (secondary N) is 1. The van der Waals surface area contributed by atoms with Crippen molar-refractivity contribution in [1.82, 2.24) is 4.98 Å². The highest BCUT2D eigenvalue weighted by Crippen LogP contribution is 2.39. The van der Waals surface area contributed by atoms with E-state index in [1.807, 2.05) is 43.5 Å². The SMILES string of the molecule is Cc1cccc(C)c1NC(=O)CSc1nc2c(c(-c3cccs3)c1C#N)CCCC2. The maximum absolute atomic E-state index is 12.7. The summed E-state index contributed by atoms with van der Waals surface area (Å²) in [6.07, 6.45) is 4.14. The molecule has 0 bridgehead atoms.